The number of rotatable bonds is 4. The van der Waals surface area contributed by atoms with Gasteiger partial charge in [-0.15, -0.1) is 10.2 Å². The number of hydrogen-bond acceptors (Lipinski definition) is 7. The highest BCUT2D eigenvalue weighted by Gasteiger charge is 2.41. The maximum absolute atomic E-state index is 14.2. The van der Waals surface area contributed by atoms with E-state index in [0.717, 1.165) is 4.57 Å². The minimum absolute atomic E-state index is 0.0341. The Morgan fingerprint density at radius 1 is 1.16 bits per heavy atom. The Balaban J connectivity index is 1.37. The predicted molar refractivity (Wildman–Crippen MR) is 128 cm³/mol. The number of carbonyl (C=O) groups excluding carboxylic acids is 2. The normalized spacial score (nSPS) is 19.9. The minimum atomic E-state index is -4.61. The van der Waals surface area contributed by atoms with Crippen molar-refractivity contribution in [1.29, 1.82) is 0 Å². The van der Waals surface area contributed by atoms with E-state index in [0.29, 0.717) is 36.1 Å². The Morgan fingerprint density at radius 2 is 1.95 bits per heavy atom. The maximum atomic E-state index is 14.2. The lowest BCUT2D eigenvalue weighted by Gasteiger charge is -2.41. The van der Waals surface area contributed by atoms with Crippen LogP contribution in [-0.4, -0.2) is 62.8 Å². The summed E-state index contributed by atoms with van der Waals surface area (Å²) in [6, 6.07) is 4.18. The average Bonchev–Trinajstić information content (AvgIpc) is 3.31. The van der Waals surface area contributed by atoms with Crippen molar-refractivity contribution < 1.29 is 31.9 Å². The maximum Gasteiger partial charge on any atom is 0.451 e. The molecule has 4 heterocycles. The molecule has 1 saturated heterocycles. The van der Waals surface area contributed by atoms with Crippen molar-refractivity contribution in [2.75, 3.05) is 31.1 Å². The number of hydrogen-bond donors (Lipinski definition) is 0. The first-order chi connectivity index (χ1) is 18.1. The molecular formula is C25H26F4N6O3. The number of ether oxygens (including phenoxy) is 1. The molecule has 2 aliphatic heterocycles. The van der Waals surface area contributed by atoms with Crippen LogP contribution in [-0.2, 0) is 28.8 Å². The molecule has 0 N–H and O–H groups in total. The smallest absolute Gasteiger partial charge is 0.451 e. The molecule has 1 amide bonds. The van der Waals surface area contributed by atoms with Gasteiger partial charge in [-0.25, -0.2) is 9.18 Å². The molecule has 2 aromatic heterocycles. The lowest BCUT2D eigenvalue weighted by molar-refractivity contribution is -0.148. The van der Waals surface area contributed by atoms with Crippen LogP contribution in [0.1, 0.15) is 42.3 Å². The van der Waals surface area contributed by atoms with Gasteiger partial charge >= 0.3 is 12.1 Å². The van der Waals surface area contributed by atoms with Crippen molar-refractivity contribution in [2.24, 2.45) is 11.8 Å². The molecule has 0 spiro atoms. The first kappa shape index (κ1) is 25.9. The molecule has 13 heteroatoms. The fourth-order valence-electron chi connectivity index (χ4n) is 5.36. The number of piperidine rings is 1. The summed E-state index contributed by atoms with van der Waals surface area (Å²) in [5.41, 5.74) is 1.25. The fourth-order valence-corrected chi connectivity index (χ4v) is 5.36. The molecule has 0 radical (unpaired) electrons. The number of anilines is 1. The second-order valence-corrected chi connectivity index (χ2v) is 9.57. The summed E-state index contributed by atoms with van der Waals surface area (Å²) in [5, 5.41) is 7.41. The lowest BCUT2D eigenvalue weighted by atomic mass is 9.85. The Bertz CT molecular complexity index is 1390. The van der Waals surface area contributed by atoms with Crippen LogP contribution in [0.25, 0.3) is 10.9 Å². The van der Waals surface area contributed by atoms with Crippen LogP contribution in [0.5, 0.6) is 0 Å². The molecule has 0 saturated carbocycles. The van der Waals surface area contributed by atoms with Crippen molar-refractivity contribution in [1.82, 2.24) is 24.6 Å². The van der Waals surface area contributed by atoms with Gasteiger partial charge in [0, 0.05) is 43.7 Å². The second kappa shape index (κ2) is 9.84. The van der Waals surface area contributed by atoms with Gasteiger partial charge in [0.1, 0.15) is 11.4 Å². The van der Waals surface area contributed by atoms with E-state index in [2.05, 4.69) is 15.2 Å². The number of benzene rings is 1. The van der Waals surface area contributed by atoms with Crippen LogP contribution in [0, 0.1) is 17.7 Å². The molecule has 38 heavy (non-hydrogen) atoms. The third-order valence-electron chi connectivity index (χ3n) is 7.15. The van der Waals surface area contributed by atoms with E-state index >= 15 is 0 Å². The zero-order valence-electron chi connectivity index (χ0n) is 20.8. The van der Waals surface area contributed by atoms with Crippen LogP contribution in [0.3, 0.4) is 0 Å². The van der Waals surface area contributed by atoms with Gasteiger partial charge in [0.15, 0.2) is 5.82 Å². The average molecular weight is 535 g/mol. The van der Waals surface area contributed by atoms with Gasteiger partial charge in [-0.1, -0.05) is 6.92 Å². The van der Waals surface area contributed by atoms with Gasteiger partial charge in [0.25, 0.3) is 0 Å². The van der Waals surface area contributed by atoms with Gasteiger partial charge in [-0.2, -0.15) is 13.2 Å². The van der Waals surface area contributed by atoms with E-state index in [4.69, 9.17) is 4.74 Å². The lowest BCUT2D eigenvalue weighted by Crippen LogP contribution is -2.49. The van der Waals surface area contributed by atoms with E-state index in [1.54, 1.807) is 13.0 Å². The quantitative estimate of drug-likeness (QED) is 0.373. The van der Waals surface area contributed by atoms with Crippen molar-refractivity contribution in [3.05, 3.63) is 47.4 Å². The van der Waals surface area contributed by atoms with Crippen molar-refractivity contribution in [3.63, 3.8) is 0 Å². The molecule has 0 aliphatic carbocycles. The van der Waals surface area contributed by atoms with Gasteiger partial charge in [-0.3, -0.25) is 9.78 Å². The number of amides is 1. The molecule has 2 unspecified atom stereocenters. The summed E-state index contributed by atoms with van der Waals surface area (Å²) in [6.07, 6.45) is -2.74. The van der Waals surface area contributed by atoms with Gasteiger partial charge in [0.05, 0.1) is 24.4 Å². The highest BCUT2D eigenvalue weighted by molar-refractivity contribution is 6.05. The van der Waals surface area contributed by atoms with E-state index in [9.17, 15) is 27.2 Å². The van der Waals surface area contributed by atoms with Gasteiger partial charge in [0.2, 0.25) is 11.7 Å². The summed E-state index contributed by atoms with van der Waals surface area (Å²) in [4.78, 5) is 33.9. The van der Waals surface area contributed by atoms with Crippen LogP contribution >= 0.6 is 0 Å². The second-order valence-electron chi connectivity index (χ2n) is 9.57. The molecule has 1 aromatic carbocycles. The summed E-state index contributed by atoms with van der Waals surface area (Å²) < 4.78 is 59.9. The highest BCUT2D eigenvalue weighted by Crippen LogP contribution is 2.36. The van der Waals surface area contributed by atoms with E-state index in [-0.39, 0.29) is 55.4 Å². The number of esters is 1. The number of nitrogens with zero attached hydrogens (tertiary/aromatic N) is 6. The van der Waals surface area contributed by atoms with E-state index in [1.807, 2.05) is 11.8 Å². The Hall–Kier alpha value is -3.77. The first-order valence-electron chi connectivity index (χ1n) is 12.4. The fraction of sp³-hybridized carbons (Fsp3) is 0.480. The zero-order valence-corrected chi connectivity index (χ0v) is 20.8. The number of carbonyl (C=O) groups is 2. The molecular weight excluding hydrogens is 508 g/mol. The number of fused-ring (bicyclic) bond motifs is 2. The summed E-state index contributed by atoms with van der Waals surface area (Å²) in [5.74, 6) is -2.68. The summed E-state index contributed by atoms with van der Waals surface area (Å²) in [7, 11) is 0. The topological polar surface area (TPSA) is 93.5 Å². The SMILES string of the molecule is CCOC(=O)c1cnc2ccc(F)cc2c1N1CCC(C(=O)N2CCn3c(nnc3C(F)(F)F)C2)C(C)C1. The van der Waals surface area contributed by atoms with E-state index < -0.39 is 23.8 Å². The van der Waals surface area contributed by atoms with Crippen LogP contribution in [0.2, 0.25) is 0 Å². The van der Waals surface area contributed by atoms with Crippen molar-refractivity contribution >= 4 is 28.5 Å². The molecule has 202 valence electrons. The Kier molecular flexibility index (Phi) is 6.70. The van der Waals surface area contributed by atoms with Crippen LogP contribution in [0.15, 0.2) is 24.4 Å². The Labute approximate surface area is 215 Å². The van der Waals surface area contributed by atoms with E-state index in [1.165, 1.54) is 23.2 Å². The summed E-state index contributed by atoms with van der Waals surface area (Å²) in [6.45, 7) is 4.63. The van der Waals surface area contributed by atoms with Crippen LogP contribution in [0.4, 0.5) is 23.2 Å². The minimum Gasteiger partial charge on any atom is -0.462 e. The number of alkyl halides is 3. The third kappa shape index (κ3) is 4.65. The Morgan fingerprint density at radius 3 is 2.66 bits per heavy atom. The summed E-state index contributed by atoms with van der Waals surface area (Å²) >= 11 is 0. The molecule has 3 aromatic rings. The van der Waals surface area contributed by atoms with Gasteiger partial charge < -0.3 is 19.1 Å². The largest absolute Gasteiger partial charge is 0.462 e. The first-order valence-corrected chi connectivity index (χ1v) is 12.4. The molecule has 2 atom stereocenters. The predicted octanol–water partition coefficient (Wildman–Crippen LogP) is 3.67. The molecule has 1 fully saturated rings. The number of aromatic nitrogens is 4. The van der Waals surface area contributed by atoms with Gasteiger partial charge in [-0.05, 0) is 37.5 Å². The van der Waals surface area contributed by atoms with Crippen LogP contribution < -0.4 is 4.90 Å². The number of pyridine rings is 1. The highest BCUT2D eigenvalue weighted by atomic mass is 19.4. The molecule has 9 nitrogen and oxygen atoms in total. The molecule has 0 bridgehead atoms. The monoisotopic (exact) mass is 534 g/mol. The number of halogens is 4. The third-order valence-corrected chi connectivity index (χ3v) is 7.15. The van der Waals surface area contributed by atoms with Crippen molar-refractivity contribution in [3.8, 4) is 0 Å². The zero-order chi connectivity index (χ0) is 27.2. The van der Waals surface area contributed by atoms with Crippen molar-refractivity contribution in [2.45, 2.75) is 39.5 Å². The standard InChI is InChI=1S/C25H26F4N6O3/c1-3-38-23(37)18-11-30-19-5-4-15(26)10-17(19)21(18)33-7-6-16(14(2)12-33)22(36)34-8-9-35-20(13-34)31-32-24(35)25(27,28)29/h4-5,10-11,14,16H,3,6-9,12-13H2,1-2H3. The molecule has 5 rings (SSSR count). The molecule has 2 aliphatic rings.